The van der Waals surface area contributed by atoms with Crippen LogP contribution in [0.1, 0.15) is 30.9 Å². The van der Waals surface area contributed by atoms with Gasteiger partial charge in [-0.15, -0.1) is 0 Å². The highest BCUT2D eigenvalue weighted by atomic mass is 32.2. The molecule has 1 heterocycles. The van der Waals surface area contributed by atoms with E-state index in [1.54, 1.807) is 37.3 Å². The van der Waals surface area contributed by atoms with Crippen molar-refractivity contribution in [1.29, 1.82) is 0 Å². The van der Waals surface area contributed by atoms with E-state index in [4.69, 9.17) is 9.47 Å². The Labute approximate surface area is 192 Å². The number of halogens is 1. The van der Waals surface area contributed by atoms with Crippen LogP contribution in [-0.2, 0) is 26.5 Å². The number of carbonyl (C=O) groups is 1. The van der Waals surface area contributed by atoms with Gasteiger partial charge in [0, 0.05) is 18.1 Å². The standard InChI is InChI=1S/C26H23FO5S/c1-2-33(29,30)20-8-6-18(7-9-20)19-5-3-4-17(12-19)13-25(28)26(10-11-26)21-14-23-24(15-22(21)27)32-16-31-23/h3-9,12,14-15H,2,10-11,13,16H2,1H3. The maximum absolute atomic E-state index is 14.8. The molecule has 1 aliphatic carbocycles. The van der Waals surface area contributed by atoms with Crippen LogP contribution in [0.5, 0.6) is 11.5 Å². The first-order chi connectivity index (χ1) is 15.8. The third-order valence-corrected chi connectivity index (χ3v) is 8.23. The molecule has 0 bridgehead atoms. The van der Waals surface area contributed by atoms with Crippen molar-refractivity contribution in [3.05, 3.63) is 77.6 Å². The van der Waals surface area contributed by atoms with Crippen LogP contribution >= 0.6 is 0 Å². The molecule has 5 rings (SSSR count). The van der Waals surface area contributed by atoms with Gasteiger partial charge in [0.1, 0.15) is 11.6 Å². The van der Waals surface area contributed by atoms with E-state index < -0.39 is 21.1 Å². The fraction of sp³-hybridized carbons (Fsp3) is 0.269. The molecule has 3 aromatic carbocycles. The van der Waals surface area contributed by atoms with E-state index in [0.29, 0.717) is 34.8 Å². The number of ketones is 1. The summed E-state index contributed by atoms with van der Waals surface area (Å²) in [5.41, 5.74) is 2.13. The van der Waals surface area contributed by atoms with Crippen LogP contribution in [-0.4, -0.2) is 26.7 Å². The highest BCUT2D eigenvalue weighted by Gasteiger charge is 2.52. The summed E-state index contributed by atoms with van der Waals surface area (Å²) in [4.78, 5) is 13.6. The van der Waals surface area contributed by atoms with Crippen molar-refractivity contribution in [2.24, 2.45) is 0 Å². The van der Waals surface area contributed by atoms with E-state index in [0.717, 1.165) is 16.7 Å². The van der Waals surface area contributed by atoms with E-state index in [1.165, 1.54) is 6.07 Å². The highest BCUT2D eigenvalue weighted by Crippen LogP contribution is 2.52. The molecule has 0 radical (unpaired) electrons. The van der Waals surface area contributed by atoms with Crippen molar-refractivity contribution >= 4 is 15.6 Å². The second-order valence-electron chi connectivity index (χ2n) is 8.50. The molecule has 170 valence electrons. The van der Waals surface area contributed by atoms with Crippen LogP contribution in [0.25, 0.3) is 11.1 Å². The molecule has 0 aromatic heterocycles. The third kappa shape index (κ3) is 3.91. The third-order valence-electron chi connectivity index (χ3n) is 6.48. The second-order valence-corrected chi connectivity index (χ2v) is 10.8. The molecule has 33 heavy (non-hydrogen) atoms. The molecule has 2 aliphatic rings. The van der Waals surface area contributed by atoms with E-state index in [2.05, 4.69) is 0 Å². The molecule has 7 heteroatoms. The quantitative estimate of drug-likeness (QED) is 0.498. The lowest BCUT2D eigenvalue weighted by Crippen LogP contribution is -2.23. The average Bonchev–Trinajstić information content (AvgIpc) is 3.51. The number of hydrogen-bond acceptors (Lipinski definition) is 5. The normalized spacial score (nSPS) is 15.9. The number of ether oxygens (including phenoxy) is 2. The van der Waals surface area contributed by atoms with Crippen molar-refractivity contribution in [3.63, 3.8) is 0 Å². The van der Waals surface area contributed by atoms with E-state index in [1.807, 2.05) is 24.3 Å². The van der Waals surface area contributed by atoms with E-state index in [9.17, 15) is 17.6 Å². The maximum Gasteiger partial charge on any atom is 0.231 e. The number of rotatable bonds is 7. The van der Waals surface area contributed by atoms with E-state index in [-0.39, 0.29) is 24.7 Å². The van der Waals surface area contributed by atoms with Crippen LogP contribution in [0, 0.1) is 5.82 Å². The van der Waals surface area contributed by atoms with Gasteiger partial charge in [-0.05, 0) is 47.7 Å². The summed E-state index contributed by atoms with van der Waals surface area (Å²) in [6.07, 6.45) is 1.40. The van der Waals surface area contributed by atoms with Gasteiger partial charge in [0.2, 0.25) is 6.79 Å². The minimum Gasteiger partial charge on any atom is -0.454 e. The summed E-state index contributed by atoms with van der Waals surface area (Å²) < 4.78 is 49.5. The van der Waals surface area contributed by atoms with Gasteiger partial charge in [-0.3, -0.25) is 4.79 Å². The lowest BCUT2D eigenvalue weighted by atomic mass is 9.87. The molecule has 0 N–H and O–H groups in total. The largest absolute Gasteiger partial charge is 0.454 e. The molecule has 1 fully saturated rings. The SMILES string of the molecule is CCS(=O)(=O)c1ccc(-c2cccc(CC(=O)C3(c4cc5c(cc4F)OCO5)CC3)c2)cc1. The van der Waals surface area contributed by atoms with Crippen molar-refractivity contribution in [2.75, 3.05) is 12.5 Å². The zero-order valence-electron chi connectivity index (χ0n) is 18.1. The minimum atomic E-state index is -3.26. The molecule has 1 aliphatic heterocycles. The van der Waals surface area contributed by atoms with Crippen molar-refractivity contribution < 1.29 is 27.1 Å². The first-order valence-electron chi connectivity index (χ1n) is 10.9. The van der Waals surface area contributed by atoms with Gasteiger partial charge in [-0.2, -0.15) is 0 Å². The molecule has 0 unspecified atom stereocenters. The smallest absolute Gasteiger partial charge is 0.231 e. The Hall–Kier alpha value is -3.19. The van der Waals surface area contributed by atoms with Gasteiger partial charge in [-0.1, -0.05) is 43.3 Å². The molecule has 1 saturated carbocycles. The number of benzene rings is 3. The predicted molar refractivity (Wildman–Crippen MR) is 122 cm³/mol. The van der Waals surface area contributed by atoms with Crippen molar-refractivity contribution in [2.45, 2.75) is 36.5 Å². The van der Waals surface area contributed by atoms with Gasteiger partial charge in [0.05, 0.1) is 16.1 Å². The predicted octanol–water partition coefficient (Wildman–Crippen LogP) is 4.86. The van der Waals surface area contributed by atoms with Crippen LogP contribution in [0.2, 0.25) is 0 Å². The highest BCUT2D eigenvalue weighted by molar-refractivity contribution is 7.91. The Bertz CT molecular complexity index is 1340. The Balaban J connectivity index is 1.38. The van der Waals surface area contributed by atoms with E-state index >= 15 is 0 Å². The molecule has 0 atom stereocenters. The maximum atomic E-state index is 14.8. The monoisotopic (exact) mass is 466 g/mol. The topological polar surface area (TPSA) is 69.7 Å². The molecular formula is C26H23FO5S. The molecule has 0 spiro atoms. The Kier molecular flexibility index (Phi) is 5.24. The van der Waals surface area contributed by atoms with Crippen molar-refractivity contribution in [3.8, 4) is 22.6 Å². The second kappa shape index (κ2) is 7.99. The number of fused-ring (bicyclic) bond motifs is 1. The van der Waals surface area contributed by atoms with Crippen LogP contribution < -0.4 is 9.47 Å². The number of hydrogen-bond donors (Lipinski definition) is 0. The summed E-state index contributed by atoms with van der Waals surface area (Å²) >= 11 is 0. The van der Waals surface area contributed by atoms with Crippen LogP contribution in [0.15, 0.2) is 65.6 Å². The summed E-state index contributed by atoms with van der Waals surface area (Å²) in [6, 6.07) is 17.2. The van der Waals surface area contributed by atoms with Crippen LogP contribution in [0.4, 0.5) is 4.39 Å². The zero-order chi connectivity index (χ0) is 23.2. The minimum absolute atomic E-state index is 0.0261. The number of sulfone groups is 1. The Morgan fingerprint density at radius 3 is 2.33 bits per heavy atom. The fourth-order valence-electron chi connectivity index (χ4n) is 4.34. The number of Topliss-reactive ketones (excluding diaryl/α,β-unsaturated/α-hetero) is 1. The molecular weight excluding hydrogens is 443 g/mol. The molecule has 3 aromatic rings. The Morgan fingerprint density at radius 1 is 0.970 bits per heavy atom. The van der Waals surface area contributed by atoms with Crippen LogP contribution in [0.3, 0.4) is 0 Å². The fourth-order valence-corrected chi connectivity index (χ4v) is 5.23. The van der Waals surface area contributed by atoms with Crippen molar-refractivity contribution in [1.82, 2.24) is 0 Å². The van der Waals surface area contributed by atoms with Gasteiger partial charge >= 0.3 is 0 Å². The summed E-state index contributed by atoms with van der Waals surface area (Å²) in [5.74, 6) is 0.420. The van der Waals surface area contributed by atoms with Gasteiger partial charge < -0.3 is 9.47 Å². The first kappa shape index (κ1) is 21.6. The lowest BCUT2D eigenvalue weighted by Gasteiger charge is -2.16. The van der Waals surface area contributed by atoms with Gasteiger partial charge in [0.15, 0.2) is 21.3 Å². The molecule has 0 saturated heterocycles. The Morgan fingerprint density at radius 2 is 1.67 bits per heavy atom. The van der Waals surface area contributed by atoms with Gasteiger partial charge in [-0.25, -0.2) is 12.8 Å². The molecule has 0 amide bonds. The molecule has 5 nitrogen and oxygen atoms in total. The zero-order valence-corrected chi connectivity index (χ0v) is 19.0. The lowest BCUT2D eigenvalue weighted by molar-refractivity contribution is -0.120. The summed E-state index contributed by atoms with van der Waals surface area (Å²) in [6.45, 7) is 1.67. The average molecular weight is 467 g/mol. The van der Waals surface area contributed by atoms with Gasteiger partial charge in [0.25, 0.3) is 0 Å². The summed E-state index contributed by atoms with van der Waals surface area (Å²) in [5, 5.41) is 0. The summed E-state index contributed by atoms with van der Waals surface area (Å²) in [7, 11) is -3.26. The first-order valence-corrected chi connectivity index (χ1v) is 12.5. The number of carbonyl (C=O) groups excluding carboxylic acids is 1.